The lowest BCUT2D eigenvalue weighted by atomic mass is 9.93. The predicted molar refractivity (Wildman–Crippen MR) is 177 cm³/mol. The van der Waals surface area contributed by atoms with E-state index < -0.39 is 0 Å². The molecule has 0 bridgehead atoms. The van der Waals surface area contributed by atoms with E-state index in [1.807, 2.05) is 94.7 Å². The van der Waals surface area contributed by atoms with Crippen LogP contribution in [0.15, 0.2) is 97.1 Å². The molecule has 4 aromatic carbocycles. The smallest absolute Gasteiger partial charge is 0.254 e. The fourth-order valence-corrected chi connectivity index (χ4v) is 5.44. The standard InChI is InChI=1S/C38H44N2O4/c1-5-7-25-40(28-30-15-9-8-10-16-30)38(42)34-20-14-12-18-32(34)31-17-11-13-19-33(31)37(41)39(24-6-2)26-23-29-21-22-35(43-3)36(27-29)44-4/h8-22,27H,5-7,23-26,28H2,1-4H3. The number of hydrogen-bond acceptors (Lipinski definition) is 4. The molecule has 0 unspecified atom stereocenters. The number of unbranched alkanes of at least 4 members (excludes halogenated alkanes) is 1. The highest BCUT2D eigenvalue weighted by Gasteiger charge is 2.24. The topological polar surface area (TPSA) is 59.1 Å². The van der Waals surface area contributed by atoms with Crippen molar-refractivity contribution in [2.75, 3.05) is 33.9 Å². The van der Waals surface area contributed by atoms with Crippen LogP contribution in [0.25, 0.3) is 11.1 Å². The van der Waals surface area contributed by atoms with Gasteiger partial charge in [-0.05, 0) is 65.8 Å². The van der Waals surface area contributed by atoms with Crippen molar-refractivity contribution in [2.45, 2.75) is 46.1 Å². The second kappa shape index (κ2) is 16.3. The van der Waals surface area contributed by atoms with Gasteiger partial charge in [0.25, 0.3) is 11.8 Å². The van der Waals surface area contributed by atoms with Gasteiger partial charge in [-0.2, -0.15) is 0 Å². The molecule has 0 aliphatic carbocycles. The van der Waals surface area contributed by atoms with E-state index in [0.717, 1.165) is 41.5 Å². The summed E-state index contributed by atoms with van der Waals surface area (Å²) in [6, 6.07) is 31.3. The Kier molecular flexibility index (Phi) is 12.0. The number of amides is 2. The zero-order chi connectivity index (χ0) is 31.3. The molecule has 6 heteroatoms. The number of benzene rings is 4. The summed E-state index contributed by atoms with van der Waals surface area (Å²) in [5, 5.41) is 0. The van der Waals surface area contributed by atoms with E-state index in [1.54, 1.807) is 14.2 Å². The maximum atomic E-state index is 14.2. The number of rotatable bonds is 15. The van der Waals surface area contributed by atoms with Gasteiger partial charge < -0.3 is 19.3 Å². The highest BCUT2D eigenvalue weighted by molar-refractivity contribution is 6.06. The minimum absolute atomic E-state index is 0.0287. The Balaban J connectivity index is 1.63. The van der Waals surface area contributed by atoms with Gasteiger partial charge in [0.15, 0.2) is 11.5 Å². The fraction of sp³-hybridized carbons (Fsp3) is 0.316. The molecule has 4 rings (SSSR count). The van der Waals surface area contributed by atoms with Crippen LogP contribution in [0, 0.1) is 0 Å². The van der Waals surface area contributed by atoms with Crippen molar-refractivity contribution in [2.24, 2.45) is 0 Å². The molecule has 2 amide bonds. The van der Waals surface area contributed by atoms with Crippen LogP contribution in [-0.2, 0) is 13.0 Å². The van der Waals surface area contributed by atoms with Crippen LogP contribution in [0.2, 0.25) is 0 Å². The molecule has 44 heavy (non-hydrogen) atoms. The summed E-state index contributed by atoms with van der Waals surface area (Å²) in [6.45, 7) is 6.60. The van der Waals surface area contributed by atoms with Gasteiger partial charge in [-0.1, -0.05) is 93.1 Å². The fourth-order valence-electron chi connectivity index (χ4n) is 5.44. The Hall–Kier alpha value is -4.58. The van der Waals surface area contributed by atoms with E-state index >= 15 is 0 Å². The molecule has 0 atom stereocenters. The maximum absolute atomic E-state index is 14.2. The van der Waals surface area contributed by atoms with Crippen LogP contribution in [0.5, 0.6) is 11.5 Å². The lowest BCUT2D eigenvalue weighted by Crippen LogP contribution is -2.34. The van der Waals surface area contributed by atoms with E-state index in [0.29, 0.717) is 55.2 Å². The molecule has 0 fully saturated rings. The first kappa shape index (κ1) is 32.3. The first-order valence-corrected chi connectivity index (χ1v) is 15.5. The minimum Gasteiger partial charge on any atom is -0.493 e. The molecule has 0 aliphatic rings. The summed E-state index contributed by atoms with van der Waals surface area (Å²) in [5.41, 5.74) is 4.89. The summed E-state index contributed by atoms with van der Waals surface area (Å²) in [7, 11) is 3.24. The molecule has 0 N–H and O–H groups in total. The van der Waals surface area contributed by atoms with Gasteiger partial charge in [0.05, 0.1) is 14.2 Å². The minimum atomic E-state index is -0.0442. The van der Waals surface area contributed by atoms with Crippen LogP contribution in [0.4, 0.5) is 0 Å². The highest BCUT2D eigenvalue weighted by atomic mass is 16.5. The van der Waals surface area contributed by atoms with Crippen molar-refractivity contribution in [3.8, 4) is 22.6 Å². The van der Waals surface area contributed by atoms with Crippen molar-refractivity contribution in [3.63, 3.8) is 0 Å². The van der Waals surface area contributed by atoms with E-state index in [1.165, 1.54) is 0 Å². The zero-order valence-electron chi connectivity index (χ0n) is 26.4. The molecule has 0 spiro atoms. The molecule has 0 saturated carbocycles. The first-order valence-electron chi connectivity index (χ1n) is 15.5. The summed E-state index contributed by atoms with van der Waals surface area (Å²) >= 11 is 0. The van der Waals surface area contributed by atoms with Crippen LogP contribution in [0.1, 0.15) is 65.0 Å². The van der Waals surface area contributed by atoms with Gasteiger partial charge >= 0.3 is 0 Å². The molecule has 0 heterocycles. The van der Waals surface area contributed by atoms with Crippen molar-refractivity contribution in [1.29, 1.82) is 0 Å². The summed E-state index contributed by atoms with van der Waals surface area (Å²) in [6.07, 6.45) is 3.42. The van der Waals surface area contributed by atoms with Gasteiger partial charge in [-0.3, -0.25) is 9.59 Å². The molecule has 0 aliphatic heterocycles. The highest BCUT2D eigenvalue weighted by Crippen LogP contribution is 2.31. The number of hydrogen-bond donors (Lipinski definition) is 0. The second-order valence-corrected chi connectivity index (χ2v) is 10.9. The van der Waals surface area contributed by atoms with Gasteiger partial charge in [-0.15, -0.1) is 0 Å². The molecular weight excluding hydrogens is 548 g/mol. The van der Waals surface area contributed by atoms with Gasteiger partial charge in [0.2, 0.25) is 0 Å². The SMILES string of the molecule is CCCCN(Cc1ccccc1)C(=O)c1ccccc1-c1ccccc1C(=O)N(CCC)CCc1ccc(OC)c(OC)c1. The predicted octanol–water partition coefficient (Wildman–Crippen LogP) is 7.91. The van der Waals surface area contributed by atoms with E-state index in [9.17, 15) is 9.59 Å². The Morgan fingerprint density at radius 1 is 0.591 bits per heavy atom. The summed E-state index contributed by atoms with van der Waals surface area (Å²) < 4.78 is 10.9. The van der Waals surface area contributed by atoms with E-state index in [-0.39, 0.29) is 11.8 Å². The first-order chi connectivity index (χ1) is 21.5. The van der Waals surface area contributed by atoms with E-state index in [2.05, 4.69) is 26.0 Å². The molecule has 0 aromatic heterocycles. The van der Waals surface area contributed by atoms with E-state index in [4.69, 9.17) is 9.47 Å². The average Bonchev–Trinajstić information content (AvgIpc) is 3.08. The van der Waals surface area contributed by atoms with Crippen molar-refractivity contribution in [3.05, 3.63) is 119 Å². The Morgan fingerprint density at radius 3 is 1.77 bits per heavy atom. The number of carbonyl (C=O) groups excluding carboxylic acids is 2. The van der Waals surface area contributed by atoms with Gasteiger partial charge in [-0.25, -0.2) is 0 Å². The Bertz CT molecular complexity index is 1520. The Labute approximate surface area is 262 Å². The number of nitrogens with zero attached hydrogens (tertiary/aromatic N) is 2. The lowest BCUT2D eigenvalue weighted by molar-refractivity contribution is 0.0737. The third kappa shape index (κ3) is 8.07. The Morgan fingerprint density at radius 2 is 1.18 bits per heavy atom. The van der Waals surface area contributed by atoms with Crippen molar-refractivity contribution in [1.82, 2.24) is 9.80 Å². The maximum Gasteiger partial charge on any atom is 0.254 e. The number of carbonyl (C=O) groups is 2. The zero-order valence-corrected chi connectivity index (χ0v) is 26.4. The lowest BCUT2D eigenvalue weighted by Gasteiger charge is -2.26. The third-order valence-corrected chi connectivity index (χ3v) is 7.79. The monoisotopic (exact) mass is 592 g/mol. The van der Waals surface area contributed by atoms with Crippen LogP contribution in [0.3, 0.4) is 0 Å². The molecule has 230 valence electrons. The summed E-state index contributed by atoms with van der Waals surface area (Å²) in [4.78, 5) is 32.1. The molecular formula is C38H44N2O4. The summed E-state index contributed by atoms with van der Waals surface area (Å²) in [5.74, 6) is 1.28. The number of methoxy groups -OCH3 is 2. The van der Waals surface area contributed by atoms with Crippen LogP contribution in [-0.4, -0.2) is 55.5 Å². The van der Waals surface area contributed by atoms with Crippen molar-refractivity contribution >= 4 is 11.8 Å². The van der Waals surface area contributed by atoms with Crippen LogP contribution >= 0.6 is 0 Å². The molecule has 0 saturated heterocycles. The third-order valence-electron chi connectivity index (χ3n) is 7.79. The normalized spacial score (nSPS) is 10.7. The van der Waals surface area contributed by atoms with Crippen LogP contribution < -0.4 is 9.47 Å². The quantitative estimate of drug-likeness (QED) is 0.141. The van der Waals surface area contributed by atoms with Gasteiger partial charge in [0, 0.05) is 37.3 Å². The van der Waals surface area contributed by atoms with Gasteiger partial charge in [0.1, 0.15) is 0 Å². The average molecular weight is 593 g/mol. The second-order valence-electron chi connectivity index (χ2n) is 10.9. The molecule has 0 radical (unpaired) electrons. The van der Waals surface area contributed by atoms with Crippen molar-refractivity contribution < 1.29 is 19.1 Å². The molecule has 4 aromatic rings. The molecule has 6 nitrogen and oxygen atoms in total. The number of ether oxygens (including phenoxy) is 2. The largest absolute Gasteiger partial charge is 0.493 e.